The fraction of sp³-hybridized carbons (Fsp3) is 0.591. The molecule has 2 N–H and O–H groups in total. The van der Waals surface area contributed by atoms with E-state index in [4.69, 9.17) is 0 Å². The van der Waals surface area contributed by atoms with Crippen LogP contribution in [0.15, 0.2) is 24.3 Å². The quantitative estimate of drug-likeness (QED) is 0.472. The average Bonchev–Trinajstić information content (AvgIpc) is 3.14. The van der Waals surface area contributed by atoms with E-state index in [0.29, 0.717) is 5.56 Å². The summed E-state index contributed by atoms with van der Waals surface area (Å²) >= 11 is 1.35. The van der Waals surface area contributed by atoms with E-state index < -0.39 is 34.6 Å². The molecule has 4 atom stereocenters. The topological polar surface area (TPSA) is 128 Å². The Kier molecular flexibility index (Phi) is 7.39. The molecule has 3 fully saturated rings. The summed E-state index contributed by atoms with van der Waals surface area (Å²) < 4.78 is 0. The van der Waals surface area contributed by atoms with Crippen LogP contribution in [0.1, 0.15) is 37.4 Å². The first-order chi connectivity index (χ1) is 16.3. The number of amides is 4. The van der Waals surface area contributed by atoms with Crippen molar-refractivity contribution in [2.24, 2.45) is 5.92 Å². The minimum absolute atomic E-state index is 0.0386. The van der Waals surface area contributed by atoms with Crippen LogP contribution in [0.2, 0.25) is 0 Å². The van der Waals surface area contributed by atoms with Gasteiger partial charge in [-0.25, -0.2) is 4.79 Å². The lowest BCUT2D eigenvalue weighted by atomic mass is 9.96. The summed E-state index contributed by atoms with van der Waals surface area (Å²) in [7, 11) is 3.07. The van der Waals surface area contributed by atoms with Crippen molar-refractivity contribution in [2.45, 2.75) is 43.4 Å². The molecule has 3 aliphatic rings. The number of non-ortho nitro benzene ring substituents is 1. The highest BCUT2D eigenvalue weighted by Gasteiger charge is 2.51. The van der Waals surface area contributed by atoms with Gasteiger partial charge in [0.2, 0.25) is 11.8 Å². The Labute approximate surface area is 202 Å². The van der Waals surface area contributed by atoms with E-state index in [1.807, 2.05) is 4.90 Å². The second-order valence-electron chi connectivity index (χ2n) is 8.91. The van der Waals surface area contributed by atoms with Crippen molar-refractivity contribution in [2.75, 3.05) is 32.9 Å². The molecule has 12 heteroatoms. The Balaban J connectivity index is 1.57. The second-order valence-corrected chi connectivity index (χ2v) is 10.0. The van der Waals surface area contributed by atoms with E-state index in [1.54, 1.807) is 19.2 Å². The van der Waals surface area contributed by atoms with Crippen LogP contribution < -0.4 is 10.6 Å². The van der Waals surface area contributed by atoms with Gasteiger partial charge in [0, 0.05) is 39.3 Å². The maximum absolute atomic E-state index is 13.1. The summed E-state index contributed by atoms with van der Waals surface area (Å²) in [6.07, 6.45) is 3.09. The van der Waals surface area contributed by atoms with Gasteiger partial charge in [0.15, 0.2) is 0 Å². The van der Waals surface area contributed by atoms with Gasteiger partial charge in [0.1, 0.15) is 0 Å². The molecule has 11 nitrogen and oxygen atoms in total. The molecule has 4 unspecified atom stereocenters. The summed E-state index contributed by atoms with van der Waals surface area (Å²) in [6.45, 7) is 1.50. The zero-order chi connectivity index (χ0) is 24.4. The van der Waals surface area contributed by atoms with Crippen LogP contribution in [0.3, 0.4) is 0 Å². The fourth-order valence-corrected chi connectivity index (χ4v) is 5.99. The van der Waals surface area contributed by atoms with Crippen LogP contribution in [0.25, 0.3) is 0 Å². The summed E-state index contributed by atoms with van der Waals surface area (Å²) in [5.41, 5.74) is 0.567. The number of benzene rings is 1. The van der Waals surface area contributed by atoms with Crippen molar-refractivity contribution < 1.29 is 19.3 Å². The van der Waals surface area contributed by atoms with Crippen LogP contribution in [-0.4, -0.2) is 81.9 Å². The van der Waals surface area contributed by atoms with Gasteiger partial charge < -0.3 is 9.80 Å². The standard InChI is InChI=1S/C22H30N6O5S/c1-25-19-17(21(30)26(2)22(25)31)20(34-13-16(29)27-10-5-3-4-6-11-27)24-18(23-19)14-8-7-9-15(12-14)28(32)33/h7-9,12,17-20,23-24H,3-6,10-11,13H2,1-2H3. The maximum Gasteiger partial charge on any atom is 0.327 e. The predicted molar refractivity (Wildman–Crippen MR) is 127 cm³/mol. The molecule has 0 radical (unpaired) electrons. The van der Waals surface area contributed by atoms with Crippen molar-refractivity contribution in [3.8, 4) is 0 Å². The lowest BCUT2D eigenvalue weighted by Crippen LogP contribution is -2.72. The molecule has 4 amide bonds. The van der Waals surface area contributed by atoms with Gasteiger partial charge in [-0.1, -0.05) is 25.0 Å². The van der Waals surface area contributed by atoms with Gasteiger partial charge in [0.05, 0.1) is 34.3 Å². The van der Waals surface area contributed by atoms with E-state index in [1.165, 1.54) is 35.8 Å². The van der Waals surface area contributed by atoms with Crippen LogP contribution in [0, 0.1) is 16.0 Å². The largest absolute Gasteiger partial charge is 0.342 e. The third-order valence-corrected chi connectivity index (χ3v) is 7.92. The molecule has 0 saturated carbocycles. The minimum atomic E-state index is -0.621. The number of nitrogens with zero attached hydrogens (tertiary/aromatic N) is 4. The summed E-state index contributed by atoms with van der Waals surface area (Å²) in [5, 5.41) is 17.4. The van der Waals surface area contributed by atoms with E-state index in [9.17, 15) is 24.5 Å². The van der Waals surface area contributed by atoms with E-state index in [0.717, 1.165) is 43.7 Å². The summed E-state index contributed by atoms with van der Waals surface area (Å²) in [5.74, 6) is -0.705. The average molecular weight is 491 g/mol. The number of hydrogen-bond donors (Lipinski definition) is 2. The van der Waals surface area contributed by atoms with Crippen molar-refractivity contribution in [3.63, 3.8) is 0 Å². The lowest BCUT2D eigenvalue weighted by Gasteiger charge is -2.50. The monoisotopic (exact) mass is 490 g/mol. The minimum Gasteiger partial charge on any atom is -0.342 e. The Morgan fingerprint density at radius 1 is 1.15 bits per heavy atom. The summed E-state index contributed by atoms with van der Waals surface area (Å²) in [4.78, 5) is 53.9. The van der Waals surface area contributed by atoms with Crippen molar-refractivity contribution in [3.05, 3.63) is 39.9 Å². The van der Waals surface area contributed by atoms with Crippen LogP contribution in [0.4, 0.5) is 10.5 Å². The number of rotatable bonds is 5. The van der Waals surface area contributed by atoms with E-state index >= 15 is 0 Å². The number of thioether (sulfide) groups is 1. The number of likely N-dealkylation sites (tertiary alicyclic amines) is 1. The number of imide groups is 1. The highest BCUT2D eigenvalue weighted by molar-refractivity contribution is 8.00. The van der Waals surface area contributed by atoms with E-state index in [-0.39, 0.29) is 23.3 Å². The molecule has 1 aromatic rings. The maximum atomic E-state index is 13.1. The number of nitro groups is 1. The number of fused-ring (bicyclic) bond motifs is 1. The number of urea groups is 1. The molecule has 0 bridgehead atoms. The number of carbonyl (C=O) groups excluding carboxylic acids is 3. The molecule has 4 rings (SSSR count). The molecule has 0 aromatic heterocycles. The second kappa shape index (κ2) is 10.3. The number of hydrogen-bond acceptors (Lipinski definition) is 8. The molecule has 3 saturated heterocycles. The smallest absolute Gasteiger partial charge is 0.327 e. The summed E-state index contributed by atoms with van der Waals surface area (Å²) in [6, 6.07) is 5.80. The Bertz CT molecular complexity index is 969. The Hall–Kier alpha value is -2.70. The molecule has 1 aromatic carbocycles. The first-order valence-corrected chi connectivity index (χ1v) is 12.5. The van der Waals surface area contributed by atoms with Crippen LogP contribution >= 0.6 is 11.8 Å². The Morgan fingerprint density at radius 3 is 2.53 bits per heavy atom. The van der Waals surface area contributed by atoms with Crippen molar-refractivity contribution in [1.29, 1.82) is 0 Å². The van der Waals surface area contributed by atoms with Gasteiger partial charge in [-0.3, -0.25) is 35.2 Å². The third-order valence-electron chi connectivity index (χ3n) is 6.72. The fourth-order valence-electron chi connectivity index (χ4n) is 4.78. The van der Waals surface area contributed by atoms with Crippen molar-refractivity contribution in [1.82, 2.24) is 25.3 Å². The van der Waals surface area contributed by atoms with Crippen LogP contribution in [-0.2, 0) is 9.59 Å². The van der Waals surface area contributed by atoms with Crippen molar-refractivity contribution >= 4 is 35.3 Å². The number of carbonyl (C=O) groups is 3. The first-order valence-electron chi connectivity index (χ1n) is 11.5. The zero-order valence-electron chi connectivity index (χ0n) is 19.3. The first kappa shape index (κ1) is 24.4. The molecule has 34 heavy (non-hydrogen) atoms. The molecular formula is C22H30N6O5S. The van der Waals surface area contributed by atoms with Gasteiger partial charge >= 0.3 is 6.03 Å². The lowest BCUT2D eigenvalue weighted by molar-refractivity contribution is -0.385. The highest BCUT2D eigenvalue weighted by Crippen LogP contribution is 2.35. The van der Waals surface area contributed by atoms with E-state index in [2.05, 4.69) is 10.6 Å². The van der Waals surface area contributed by atoms with Gasteiger partial charge in [0.25, 0.3) is 5.69 Å². The van der Waals surface area contributed by atoms with Gasteiger partial charge in [-0.05, 0) is 18.4 Å². The van der Waals surface area contributed by atoms with Gasteiger partial charge in [-0.15, -0.1) is 11.8 Å². The molecular weight excluding hydrogens is 460 g/mol. The van der Waals surface area contributed by atoms with Crippen LogP contribution in [0.5, 0.6) is 0 Å². The SMILES string of the molecule is CN1C(=O)C2C(SCC(=O)N3CCCCCC3)NC(c3cccc([N+](=O)[O-])c3)NC2N(C)C1=O. The third kappa shape index (κ3) is 4.89. The highest BCUT2D eigenvalue weighted by atomic mass is 32.2. The predicted octanol–water partition coefficient (Wildman–Crippen LogP) is 1.71. The molecule has 184 valence electrons. The molecule has 3 heterocycles. The zero-order valence-corrected chi connectivity index (χ0v) is 20.1. The molecule has 0 spiro atoms. The van der Waals surface area contributed by atoms with Gasteiger partial charge in [-0.2, -0.15) is 0 Å². The number of nitro benzene ring substituents is 1. The molecule has 0 aliphatic carbocycles. The number of nitrogens with one attached hydrogen (secondary N) is 2. The molecule has 3 aliphatic heterocycles. The normalized spacial score (nSPS) is 27.9. The Morgan fingerprint density at radius 2 is 1.85 bits per heavy atom.